The molecule has 1 aromatic rings. The lowest BCUT2D eigenvalue weighted by Gasteiger charge is -2.11. The van der Waals surface area contributed by atoms with Gasteiger partial charge in [-0.05, 0) is 24.1 Å². The zero-order valence-electron chi connectivity index (χ0n) is 8.87. The van der Waals surface area contributed by atoms with Crippen LogP contribution in [-0.2, 0) is 6.54 Å². The van der Waals surface area contributed by atoms with Crippen LogP contribution in [0.3, 0.4) is 0 Å². The molecule has 1 aliphatic heterocycles. The van der Waals surface area contributed by atoms with Gasteiger partial charge in [0.15, 0.2) is 0 Å². The maximum absolute atomic E-state index is 3.61. The van der Waals surface area contributed by atoms with E-state index in [1.54, 1.807) is 0 Å². The molecule has 0 radical (unpaired) electrons. The average Bonchev–Trinajstić information content (AvgIpc) is 2.62. The minimum absolute atomic E-state index is 0.698. The number of nitrogens with one attached hydrogen (secondary N) is 1. The van der Waals surface area contributed by atoms with E-state index in [-0.39, 0.29) is 0 Å². The van der Waals surface area contributed by atoms with E-state index in [1.165, 1.54) is 17.7 Å². The summed E-state index contributed by atoms with van der Waals surface area (Å²) in [7, 11) is 0. The van der Waals surface area contributed by atoms with Gasteiger partial charge in [0.1, 0.15) is 0 Å². The van der Waals surface area contributed by atoms with Crippen LogP contribution in [0.4, 0.5) is 0 Å². The Bertz CT molecular complexity index is 329. The predicted octanol–water partition coefficient (Wildman–Crippen LogP) is 3.43. The summed E-state index contributed by atoms with van der Waals surface area (Å²) in [6.07, 6.45) is 1.30. The zero-order chi connectivity index (χ0) is 10.7. The third-order valence-corrected chi connectivity index (χ3v) is 4.53. The molecule has 1 fully saturated rings. The van der Waals surface area contributed by atoms with Gasteiger partial charge >= 0.3 is 0 Å². The molecule has 0 amide bonds. The molecule has 0 saturated carbocycles. The van der Waals surface area contributed by atoms with Gasteiger partial charge in [0.25, 0.3) is 0 Å². The molecule has 1 aromatic carbocycles. The fourth-order valence-corrected chi connectivity index (χ4v) is 3.50. The average molecular weight is 286 g/mol. The SMILES string of the molecule is CC1CC(NCc2cccc(Br)c2)CS1. The topological polar surface area (TPSA) is 12.0 Å². The molecule has 1 saturated heterocycles. The standard InChI is InChI=1S/C12H16BrNS/c1-9-5-12(8-15-9)14-7-10-3-2-4-11(13)6-10/h2-4,6,9,12,14H,5,7-8H2,1H3. The van der Waals surface area contributed by atoms with E-state index in [2.05, 4.69) is 64.2 Å². The summed E-state index contributed by atoms with van der Waals surface area (Å²) >= 11 is 5.57. The quantitative estimate of drug-likeness (QED) is 0.913. The Morgan fingerprint density at radius 3 is 3.07 bits per heavy atom. The van der Waals surface area contributed by atoms with Gasteiger partial charge < -0.3 is 5.32 Å². The van der Waals surface area contributed by atoms with E-state index in [0.717, 1.165) is 16.3 Å². The lowest BCUT2D eigenvalue weighted by molar-refractivity contribution is 0.538. The molecule has 2 atom stereocenters. The summed E-state index contributed by atoms with van der Waals surface area (Å²) in [6.45, 7) is 3.29. The number of hydrogen-bond acceptors (Lipinski definition) is 2. The molecule has 82 valence electrons. The molecule has 0 bridgehead atoms. The Balaban J connectivity index is 1.83. The van der Waals surface area contributed by atoms with Crippen LogP contribution in [0.2, 0.25) is 0 Å². The number of rotatable bonds is 3. The van der Waals surface area contributed by atoms with E-state index < -0.39 is 0 Å². The first-order valence-electron chi connectivity index (χ1n) is 5.33. The Morgan fingerprint density at radius 1 is 1.53 bits per heavy atom. The van der Waals surface area contributed by atoms with Crippen molar-refractivity contribution in [3.05, 3.63) is 34.3 Å². The van der Waals surface area contributed by atoms with Crippen LogP contribution in [-0.4, -0.2) is 17.0 Å². The summed E-state index contributed by atoms with van der Waals surface area (Å²) in [5, 5.41) is 4.44. The molecule has 1 aliphatic rings. The first-order chi connectivity index (χ1) is 7.24. The minimum Gasteiger partial charge on any atom is -0.309 e. The Kier molecular flexibility index (Phi) is 4.12. The number of halogens is 1. The Hall–Kier alpha value is 0.01000. The molecule has 2 unspecified atom stereocenters. The summed E-state index contributed by atoms with van der Waals surface area (Å²) in [5.41, 5.74) is 1.36. The van der Waals surface area contributed by atoms with Gasteiger partial charge in [-0.3, -0.25) is 0 Å². The highest BCUT2D eigenvalue weighted by molar-refractivity contribution is 9.10. The van der Waals surface area contributed by atoms with Crippen LogP contribution >= 0.6 is 27.7 Å². The van der Waals surface area contributed by atoms with Gasteiger partial charge in [0, 0.05) is 28.1 Å². The summed E-state index contributed by atoms with van der Waals surface area (Å²) in [4.78, 5) is 0. The van der Waals surface area contributed by atoms with Gasteiger partial charge in [0.05, 0.1) is 0 Å². The molecular weight excluding hydrogens is 270 g/mol. The molecule has 15 heavy (non-hydrogen) atoms. The maximum atomic E-state index is 3.61. The summed E-state index contributed by atoms with van der Waals surface area (Å²) < 4.78 is 1.16. The van der Waals surface area contributed by atoms with Gasteiger partial charge in [-0.15, -0.1) is 0 Å². The van der Waals surface area contributed by atoms with Crippen LogP contribution < -0.4 is 5.32 Å². The molecule has 0 aromatic heterocycles. The van der Waals surface area contributed by atoms with E-state index in [0.29, 0.717) is 6.04 Å². The normalized spacial score (nSPS) is 25.7. The third kappa shape index (κ3) is 3.51. The van der Waals surface area contributed by atoms with Crippen molar-refractivity contribution >= 4 is 27.7 Å². The zero-order valence-corrected chi connectivity index (χ0v) is 11.3. The summed E-state index contributed by atoms with van der Waals surface area (Å²) in [6, 6.07) is 9.20. The summed E-state index contributed by atoms with van der Waals surface area (Å²) in [5.74, 6) is 1.26. The van der Waals surface area contributed by atoms with Crippen molar-refractivity contribution in [3.63, 3.8) is 0 Å². The van der Waals surface area contributed by atoms with Crippen LogP contribution in [0.5, 0.6) is 0 Å². The molecule has 1 heterocycles. The van der Waals surface area contributed by atoms with Crippen molar-refractivity contribution in [2.45, 2.75) is 31.2 Å². The molecular formula is C12H16BrNS. The molecule has 3 heteroatoms. The van der Waals surface area contributed by atoms with Crippen LogP contribution in [0.1, 0.15) is 18.9 Å². The van der Waals surface area contributed by atoms with E-state index in [9.17, 15) is 0 Å². The second-order valence-electron chi connectivity index (χ2n) is 4.09. The highest BCUT2D eigenvalue weighted by atomic mass is 79.9. The van der Waals surface area contributed by atoms with E-state index in [4.69, 9.17) is 0 Å². The molecule has 1 N–H and O–H groups in total. The van der Waals surface area contributed by atoms with Gasteiger partial charge in [0.2, 0.25) is 0 Å². The second kappa shape index (κ2) is 5.37. The first-order valence-corrected chi connectivity index (χ1v) is 7.17. The lowest BCUT2D eigenvalue weighted by atomic mass is 10.1. The predicted molar refractivity (Wildman–Crippen MR) is 71.3 cm³/mol. The maximum Gasteiger partial charge on any atom is 0.0208 e. The van der Waals surface area contributed by atoms with Crippen molar-refractivity contribution in [2.75, 3.05) is 5.75 Å². The lowest BCUT2D eigenvalue weighted by Crippen LogP contribution is -2.28. The number of benzene rings is 1. The highest BCUT2D eigenvalue weighted by Gasteiger charge is 2.20. The third-order valence-electron chi connectivity index (χ3n) is 2.68. The fraction of sp³-hybridized carbons (Fsp3) is 0.500. The molecule has 2 rings (SSSR count). The molecule has 0 aliphatic carbocycles. The van der Waals surface area contributed by atoms with Gasteiger partial charge in [-0.1, -0.05) is 35.0 Å². The van der Waals surface area contributed by atoms with Crippen molar-refractivity contribution in [1.29, 1.82) is 0 Å². The number of thioether (sulfide) groups is 1. The Labute approximate surface area is 104 Å². The van der Waals surface area contributed by atoms with Crippen molar-refractivity contribution in [2.24, 2.45) is 0 Å². The van der Waals surface area contributed by atoms with Crippen LogP contribution in [0, 0.1) is 0 Å². The van der Waals surface area contributed by atoms with Crippen LogP contribution in [0.25, 0.3) is 0 Å². The first kappa shape index (κ1) is 11.5. The van der Waals surface area contributed by atoms with Crippen molar-refractivity contribution < 1.29 is 0 Å². The van der Waals surface area contributed by atoms with Gasteiger partial charge in [-0.25, -0.2) is 0 Å². The van der Waals surface area contributed by atoms with E-state index >= 15 is 0 Å². The molecule has 0 spiro atoms. The second-order valence-corrected chi connectivity index (χ2v) is 6.47. The van der Waals surface area contributed by atoms with Gasteiger partial charge in [-0.2, -0.15) is 11.8 Å². The molecule has 1 nitrogen and oxygen atoms in total. The minimum atomic E-state index is 0.698. The van der Waals surface area contributed by atoms with Crippen LogP contribution in [0.15, 0.2) is 28.7 Å². The van der Waals surface area contributed by atoms with Crippen molar-refractivity contribution in [1.82, 2.24) is 5.32 Å². The number of hydrogen-bond donors (Lipinski definition) is 1. The highest BCUT2D eigenvalue weighted by Crippen LogP contribution is 2.26. The largest absolute Gasteiger partial charge is 0.309 e. The van der Waals surface area contributed by atoms with E-state index in [1.807, 2.05) is 0 Å². The fourth-order valence-electron chi connectivity index (χ4n) is 1.87. The van der Waals surface area contributed by atoms with Crippen molar-refractivity contribution in [3.8, 4) is 0 Å². The smallest absolute Gasteiger partial charge is 0.0208 e. The Morgan fingerprint density at radius 2 is 2.40 bits per heavy atom. The monoisotopic (exact) mass is 285 g/mol.